The molecule has 0 saturated carbocycles. The smallest absolute Gasteiger partial charge is 0.105 e. The number of hydrogen-bond acceptors (Lipinski definition) is 3. The van der Waals surface area contributed by atoms with E-state index in [0.29, 0.717) is 6.04 Å². The van der Waals surface area contributed by atoms with Gasteiger partial charge in [0.2, 0.25) is 0 Å². The van der Waals surface area contributed by atoms with Gasteiger partial charge in [0.25, 0.3) is 0 Å². The third kappa shape index (κ3) is 3.65. The zero-order chi connectivity index (χ0) is 12.1. The Morgan fingerprint density at radius 2 is 2.12 bits per heavy atom. The van der Waals surface area contributed by atoms with E-state index in [2.05, 4.69) is 37.2 Å². The number of furan rings is 1. The topological polar surface area (TPSA) is 28.4 Å². The van der Waals surface area contributed by atoms with Gasteiger partial charge in [0.05, 0.1) is 0 Å². The van der Waals surface area contributed by atoms with Gasteiger partial charge >= 0.3 is 0 Å². The van der Waals surface area contributed by atoms with Crippen LogP contribution in [0.2, 0.25) is 0 Å². The van der Waals surface area contributed by atoms with E-state index in [4.69, 9.17) is 4.42 Å². The van der Waals surface area contributed by atoms with Gasteiger partial charge in [0.1, 0.15) is 11.5 Å². The minimum absolute atomic E-state index is 0.364. The third-order valence-electron chi connectivity index (χ3n) is 3.03. The van der Waals surface area contributed by atoms with Gasteiger partial charge in [-0.2, -0.15) is 0 Å². The lowest BCUT2D eigenvalue weighted by Gasteiger charge is -2.17. The van der Waals surface area contributed by atoms with E-state index >= 15 is 0 Å². The molecule has 0 aromatic carbocycles. The van der Waals surface area contributed by atoms with E-state index in [1.807, 2.05) is 13.8 Å². The Balaban J connectivity index is 2.40. The standard InChI is InChI=1S/C13H24N2O/c1-6-15(5)8-7-14-11(3)13-9-10(2)16-12(13)4/h9,11,14H,6-8H2,1-5H3. The Morgan fingerprint density at radius 3 is 2.62 bits per heavy atom. The first-order valence-corrected chi connectivity index (χ1v) is 6.03. The predicted molar refractivity (Wildman–Crippen MR) is 67.8 cm³/mol. The maximum atomic E-state index is 5.53. The van der Waals surface area contributed by atoms with Crippen LogP contribution in [0, 0.1) is 13.8 Å². The highest BCUT2D eigenvalue weighted by molar-refractivity contribution is 5.23. The fourth-order valence-corrected chi connectivity index (χ4v) is 1.82. The fourth-order valence-electron chi connectivity index (χ4n) is 1.82. The molecule has 1 heterocycles. The van der Waals surface area contributed by atoms with Crippen molar-refractivity contribution in [2.45, 2.75) is 33.7 Å². The van der Waals surface area contributed by atoms with Crippen molar-refractivity contribution < 1.29 is 4.42 Å². The number of nitrogens with zero attached hydrogens (tertiary/aromatic N) is 1. The van der Waals surface area contributed by atoms with Crippen LogP contribution in [-0.2, 0) is 0 Å². The molecular weight excluding hydrogens is 200 g/mol. The molecule has 0 aliphatic rings. The highest BCUT2D eigenvalue weighted by Gasteiger charge is 2.11. The Bertz CT molecular complexity index is 320. The first kappa shape index (κ1) is 13.3. The molecule has 0 amide bonds. The Hall–Kier alpha value is -0.800. The van der Waals surface area contributed by atoms with Crippen molar-refractivity contribution >= 4 is 0 Å². The quantitative estimate of drug-likeness (QED) is 0.804. The molecule has 0 fully saturated rings. The van der Waals surface area contributed by atoms with Gasteiger partial charge in [-0.15, -0.1) is 0 Å². The van der Waals surface area contributed by atoms with E-state index in [0.717, 1.165) is 31.2 Å². The van der Waals surface area contributed by atoms with Crippen LogP contribution in [0.1, 0.15) is 37.0 Å². The molecule has 1 N–H and O–H groups in total. The second kappa shape index (κ2) is 6.06. The molecule has 0 aliphatic carbocycles. The summed E-state index contributed by atoms with van der Waals surface area (Å²) in [6.45, 7) is 11.6. The highest BCUT2D eigenvalue weighted by Crippen LogP contribution is 2.20. The van der Waals surface area contributed by atoms with Crippen LogP contribution < -0.4 is 5.32 Å². The van der Waals surface area contributed by atoms with Crippen LogP contribution in [0.25, 0.3) is 0 Å². The zero-order valence-electron chi connectivity index (χ0n) is 11.1. The Kier molecular flexibility index (Phi) is 5.03. The number of rotatable bonds is 6. The summed E-state index contributed by atoms with van der Waals surface area (Å²) < 4.78 is 5.53. The van der Waals surface area contributed by atoms with Gasteiger partial charge in [-0.25, -0.2) is 0 Å². The van der Waals surface area contributed by atoms with E-state index in [-0.39, 0.29) is 0 Å². The van der Waals surface area contributed by atoms with E-state index in [9.17, 15) is 0 Å². The summed E-state index contributed by atoms with van der Waals surface area (Å²) in [5.41, 5.74) is 1.27. The van der Waals surface area contributed by atoms with E-state index in [1.165, 1.54) is 5.56 Å². The molecule has 0 spiro atoms. The predicted octanol–water partition coefficient (Wildman–Crippen LogP) is 2.50. The molecular formula is C13H24N2O. The monoisotopic (exact) mass is 224 g/mol. The lowest BCUT2D eigenvalue weighted by molar-refractivity contribution is 0.342. The molecule has 92 valence electrons. The van der Waals surface area contributed by atoms with E-state index < -0.39 is 0 Å². The summed E-state index contributed by atoms with van der Waals surface area (Å²) in [5, 5.41) is 3.52. The lowest BCUT2D eigenvalue weighted by atomic mass is 10.1. The van der Waals surface area contributed by atoms with Crippen molar-refractivity contribution in [3.8, 4) is 0 Å². The molecule has 1 unspecified atom stereocenters. The molecule has 1 rings (SSSR count). The fraction of sp³-hybridized carbons (Fsp3) is 0.692. The molecule has 0 radical (unpaired) electrons. The maximum Gasteiger partial charge on any atom is 0.105 e. The molecule has 1 aromatic heterocycles. The lowest BCUT2D eigenvalue weighted by Crippen LogP contribution is -2.30. The van der Waals surface area contributed by atoms with Crippen LogP contribution in [0.5, 0.6) is 0 Å². The first-order chi connectivity index (χ1) is 7.54. The summed E-state index contributed by atoms with van der Waals surface area (Å²) in [6.07, 6.45) is 0. The molecule has 1 aromatic rings. The minimum Gasteiger partial charge on any atom is -0.466 e. The van der Waals surface area contributed by atoms with Gasteiger partial charge in [0, 0.05) is 24.7 Å². The van der Waals surface area contributed by atoms with Crippen molar-refractivity contribution in [1.82, 2.24) is 10.2 Å². The summed E-state index contributed by atoms with van der Waals surface area (Å²) in [4.78, 5) is 2.30. The van der Waals surface area contributed by atoms with Crippen molar-refractivity contribution in [3.05, 3.63) is 23.2 Å². The summed E-state index contributed by atoms with van der Waals surface area (Å²) in [6, 6.07) is 2.49. The zero-order valence-corrected chi connectivity index (χ0v) is 11.1. The maximum absolute atomic E-state index is 5.53. The normalized spacial score (nSPS) is 13.4. The number of nitrogens with one attached hydrogen (secondary N) is 1. The molecule has 3 nitrogen and oxygen atoms in total. The highest BCUT2D eigenvalue weighted by atomic mass is 16.3. The number of hydrogen-bond donors (Lipinski definition) is 1. The Morgan fingerprint density at radius 1 is 1.44 bits per heavy atom. The minimum atomic E-state index is 0.364. The average Bonchev–Trinajstić information content (AvgIpc) is 2.57. The first-order valence-electron chi connectivity index (χ1n) is 6.03. The average molecular weight is 224 g/mol. The summed E-state index contributed by atoms with van der Waals surface area (Å²) in [5.74, 6) is 2.02. The van der Waals surface area contributed by atoms with Gasteiger partial charge in [-0.1, -0.05) is 6.92 Å². The van der Waals surface area contributed by atoms with E-state index in [1.54, 1.807) is 0 Å². The summed E-state index contributed by atoms with van der Waals surface area (Å²) >= 11 is 0. The SMILES string of the molecule is CCN(C)CCNC(C)c1cc(C)oc1C. The van der Waals surface area contributed by atoms with Crippen molar-refractivity contribution in [2.24, 2.45) is 0 Å². The molecule has 3 heteroatoms. The van der Waals surface area contributed by atoms with Crippen LogP contribution in [0.15, 0.2) is 10.5 Å². The molecule has 0 bridgehead atoms. The van der Waals surface area contributed by atoms with Gasteiger partial charge in [0.15, 0.2) is 0 Å². The molecule has 0 aliphatic heterocycles. The van der Waals surface area contributed by atoms with Crippen LogP contribution in [0.3, 0.4) is 0 Å². The van der Waals surface area contributed by atoms with Gasteiger partial charge < -0.3 is 14.6 Å². The van der Waals surface area contributed by atoms with Crippen LogP contribution >= 0.6 is 0 Å². The van der Waals surface area contributed by atoms with Crippen molar-refractivity contribution in [1.29, 1.82) is 0 Å². The van der Waals surface area contributed by atoms with Gasteiger partial charge in [-0.3, -0.25) is 0 Å². The summed E-state index contributed by atoms with van der Waals surface area (Å²) in [7, 11) is 2.14. The third-order valence-corrected chi connectivity index (χ3v) is 3.03. The second-order valence-corrected chi connectivity index (χ2v) is 4.44. The Labute approximate surface area is 98.8 Å². The largest absolute Gasteiger partial charge is 0.466 e. The molecule has 1 atom stereocenters. The number of aryl methyl sites for hydroxylation is 2. The van der Waals surface area contributed by atoms with Crippen LogP contribution in [0.4, 0.5) is 0 Å². The number of likely N-dealkylation sites (N-methyl/N-ethyl adjacent to an activating group) is 1. The second-order valence-electron chi connectivity index (χ2n) is 4.44. The molecule has 0 saturated heterocycles. The van der Waals surface area contributed by atoms with Crippen molar-refractivity contribution in [3.63, 3.8) is 0 Å². The van der Waals surface area contributed by atoms with Gasteiger partial charge in [-0.05, 0) is 40.4 Å². The van der Waals surface area contributed by atoms with Crippen LogP contribution in [-0.4, -0.2) is 31.6 Å². The molecule has 16 heavy (non-hydrogen) atoms. The van der Waals surface area contributed by atoms with Crippen molar-refractivity contribution in [2.75, 3.05) is 26.7 Å².